The summed E-state index contributed by atoms with van der Waals surface area (Å²) in [6, 6.07) is 6.89. The Morgan fingerprint density at radius 3 is 2.56 bits per heavy atom. The van der Waals surface area contributed by atoms with Crippen molar-refractivity contribution in [2.24, 2.45) is 5.92 Å². The van der Waals surface area contributed by atoms with Gasteiger partial charge in [0.15, 0.2) is 0 Å². The molecule has 27 heavy (non-hydrogen) atoms. The Bertz CT molecular complexity index is 839. The van der Waals surface area contributed by atoms with Crippen LogP contribution in [0.2, 0.25) is 0 Å². The Labute approximate surface area is 163 Å². The minimum atomic E-state index is -0.359. The molecule has 6 heteroatoms. The fraction of sp³-hybridized carbons (Fsp3) is 0.429. The maximum Gasteiger partial charge on any atom is 0.341 e. The van der Waals surface area contributed by atoms with Gasteiger partial charge >= 0.3 is 5.97 Å². The molecule has 5 nitrogen and oxygen atoms in total. The zero-order valence-corrected chi connectivity index (χ0v) is 16.9. The SMILES string of the molecule is COc1ccc(C(=O)Nc2sc3c(c2C(=O)OC(C)C)CCC(C)C3)cc1. The number of anilines is 1. The molecule has 1 aromatic carbocycles. The van der Waals surface area contributed by atoms with Crippen molar-refractivity contribution < 1.29 is 19.1 Å². The molecule has 1 heterocycles. The predicted octanol–water partition coefficient (Wildman–Crippen LogP) is 4.70. The van der Waals surface area contributed by atoms with Crippen LogP contribution in [0, 0.1) is 5.92 Å². The molecule has 2 aromatic rings. The molecule has 0 radical (unpaired) electrons. The molecule has 1 aliphatic rings. The van der Waals surface area contributed by atoms with Gasteiger partial charge in [-0.1, -0.05) is 6.92 Å². The van der Waals surface area contributed by atoms with Crippen LogP contribution in [0.3, 0.4) is 0 Å². The minimum Gasteiger partial charge on any atom is -0.497 e. The molecule has 1 aliphatic carbocycles. The number of carbonyl (C=O) groups excluding carboxylic acids is 2. The maximum atomic E-state index is 12.7. The molecule has 1 unspecified atom stereocenters. The lowest BCUT2D eigenvalue weighted by atomic mass is 9.88. The van der Waals surface area contributed by atoms with Crippen molar-refractivity contribution in [1.82, 2.24) is 0 Å². The third-order valence-electron chi connectivity index (χ3n) is 4.64. The standard InChI is InChI=1S/C21H25NO4S/c1-12(2)26-21(24)18-16-10-5-13(3)11-17(16)27-20(18)22-19(23)14-6-8-15(25-4)9-7-14/h6-9,12-13H,5,10-11H2,1-4H3,(H,22,23). The van der Waals surface area contributed by atoms with Gasteiger partial charge in [0.05, 0.1) is 18.8 Å². The molecule has 1 aromatic heterocycles. The first-order valence-corrected chi connectivity index (χ1v) is 10.0. The smallest absolute Gasteiger partial charge is 0.341 e. The Morgan fingerprint density at radius 2 is 1.93 bits per heavy atom. The fourth-order valence-electron chi connectivity index (χ4n) is 3.25. The molecule has 1 amide bonds. The molecule has 0 saturated heterocycles. The number of thiophene rings is 1. The molecule has 0 spiro atoms. The van der Waals surface area contributed by atoms with E-state index < -0.39 is 0 Å². The van der Waals surface area contributed by atoms with Gasteiger partial charge < -0.3 is 14.8 Å². The van der Waals surface area contributed by atoms with Gasteiger partial charge in [0.2, 0.25) is 0 Å². The van der Waals surface area contributed by atoms with E-state index >= 15 is 0 Å². The number of amides is 1. The van der Waals surface area contributed by atoms with Gasteiger partial charge in [-0.05, 0) is 68.9 Å². The first-order valence-electron chi connectivity index (χ1n) is 9.20. The molecule has 0 aliphatic heterocycles. The third-order valence-corrected chi connectivity index (χ3v) is 5.81. The topological polar surface area (TPSA) is 64.6 Å². The highest BCUT2D eigenvalue weighted by Gasteiger charge is 2.29. The summed E-state index contributed by atoms with van der Waals surface area (Å²) in [6.07, 6.45) is 2.60. The zero-order valence-electron chi connectivity index (χ0n) is 16.1. The van der Waals surface area contributed by atoms with Crippen LogP contribution in [-0.2, 0) is 17.6 Å². The van der Waals surface area contributed by atoms with E-state index in [1.807, 2.05) is 13.8 Å². The van der Waals surface area contributed by atoms with Crippen LogP contribution in [-0.4, -0.2) is 25.1 Å². The van der Waals surface area contributed by atoms with E-state index in [1.54, 1.807) is 31.4 Å². The number of esters is 1. The Hall–Kier alpha value is -2.34. The molecule has 1 N–H and O–H groups in total. The number of ether oxygens (including phenoxy) is 2. The summed E-state index contributed by atoms with van der Waals surface area (Å²) in [5.41, 5.74) is 2.07. The van der Waals surface area contributed by atoms with E-state index in [4.69, 9.17) is 9.47 Å². The van der Waals surface area contributed by atoms with E-state index in [1.165, 1.54) is 16.2 Å². The second kappa shape index (κ2) is 8.13. The van der Waals surface area contributed by atoms with Gasteiger partial charge in [-0.15, -0.1) is 11.3 Å². The molecule has 3 rings (SSSR count). The minimum absolute atomic E-state index is 0.208. The summed E-state index contributed by atoms with van der Waals surface area (Å²) >= 11 is 1.49. The van der Waals surface area contributed by atoms with Crippen molar-refractivity contribution in [2.75, 3.05) is 12.4 Å². The predicted molar refractivity (Wildman–Crippen MR) is 107 cm³/mol. The fourth-order valence-corrected chi connectivity index (χ4v) is 4.64. The summed E-state index contributed by atoms with van der Waals surface area (Å²) in [4.78, 5) is 26.6. The Balaban J connectivity index is 1.91. The lowest BCUT2D eigenvalue weighted by Crippen LogP contribution is -2.18. The highest BCUT2D eigenvalue weighted by atomic mass is 32.1. The maximum absolute atomic E-state index is 12.7. The van der Waals surface area contributed by atoms with Crippen molar-refractivity contribution in [3.8, 4) is 5.75 Å². The molecule has 0 bridgehead atoms. The summed E-state index contributed by atoms with van der Waals surface area (Å²) in [7, 11) is 1.58. The highest BCUT2D eigenvalue weighted by molar-refractivity contribution is 7.17. The third kappa shape index (κ3) is 4.33. The number of carbonyl (C=O) groups is 2. The van der Waals surface area contributed by atoms with Gasteiger partial charge in [0.25, 0.3) is 5.91 Å². The van der Waals surface area contributed by atoms with Gasteiger partial charge in [0, 0.05) is 10.4 Å². The van der Waals surface area contributed by atoms with Crippen LogP contribution in [0.1, 0.15) is 58.3 Å². The zero-order chi connectivity index (χ0) is 19.6. The van der Waals surface area contributed by atoms with Gasteiger partial charge in [-0.3, -0.25) is 4.79 Å². The molecule has 144 valence electrons. The van der Waals surface area contributed by atoms with E-state index in [9.17, 15) is 9.59 Å². The quantitative estimate of drug-likeness (QED) is 0.756. The van der Waals surface area contributed by atoms with Crippen LogP contribution in [0.25, 0.3) is 0 Å². The number of rotatable bonds is 5. The van der Waals surface area contributed by atoms with Crippen LogP contribution in [0.15, 0.2) is 24.3 Å². The number of hydrogen-bond donors (Lipinski definition) is 1. The lowest BCUT2D eigenvalue weighted by Gasteiger charge is -2.18. The molecular formula is C21H25NO4S. The number of fused-ring (bicyclic) bond motifs is 1. The van der Waals surface area contributed by atoms with Gasteiger partial charge in [-0.25, -0.2) is 4.79 Å². The van der Waals surface area contributed by atoms with Crippen molar-refractivity contribution in [3.05, 3.63) is 45.8 Å². The monoisotopic (exact) mass is 387 g/mol. The number of nitrogens with one attached hydrogen (secondary N) is 1. The van der Waals surface area contributed by atoms with E-state index in [2.05, 4.69) is 12.2 Å². The Morgan fingerprint density at radius 1 is 1.22 bits per heavy atom. The van der Waals surface area contributed by atoms with E-state index in [-0.39, 0.29) is 18.0 Å². The van der Waals surface area contributed by atoms with Crippen molar-refractivity contribution in [2.45, 2.75) is 46.1 Å². The van der Waals surface area contributed by atoms with Crippen molar-refractivity contribution >= 4 is 28.2 Å². The highest BCUT2D eigenvalue weighted by Crippen LogP contribution is 2.40. The van der Waals surface area contributed by atoms with E-state index in [0.29, 0.717) is 27.8 Å². The summed E-state index contributed by atoms with van der Waals surface area (Å²) in [5, 5.41) is 3.51. The largest absolute Gasteiger partial charge is 0.497 e. The molecule has 1 atom stereocenters. The first kappa shape index (κ1) is 19.4. The van der Waals surface area contributed by atoms with E-state index in [0.717, 1.165) is 24.8 Å². The summed E-state index contributed by atoms with van der Waals surface area (Å²) in [6.45, 7) is 5.87. The molecule has 0 fully saturated rings. The van der Waals surface area contributed by atoms with Crippen LogP contribution in [0.5, 0.6) is 5.75 Å². The molecule has 0 saturated carbocycles. The van der Waals surface area contributed by atoms with Gasteiger partial charge in [0.1, 0.15) is 10.8 Å². The average Bonchev–Trinajstić information content (AvgIpc) is 2.98. The van der Waals surface area contributed by atoms with Crippen LogP contribution in [0.4, 0.5) is 5.00 Å². The Kier molecular flexibility index (Phi) is 5.85. The summed E-state index contributed by atoms with van der Waals surface area (Å²) < 4.78 is 10.6. The number of hydrogen-bond acceptors (Lipinski definition) is 5. The molecular weight excluding hydrogens is 362 g/mol. The number of benzene rings is 1. The normalized spacial score (nSPS) is 16.0. The summed E-state index contributed by atoms with van der Waals surface area (Å²) in [5.74, 6) is 0.661. The second-order valence-corrected chi connectivity index (χ2v) is 8.30. The average molecular weight is 388 g/mol. The second-order valence-electron chi connectivity index (χ2n) is 7.19. The van der Waals surface area contributed by atoms with Crippen LogP contribution >= 0.6 is 11.3 Å². The van der Waals surface area contributed by atoms with Gasteiger partial charge in [-0.2, -0.15) is 0 Å². The number of methoxy groups -OCH3 is 1. The first-order chi connectivity index (χ1) is 12.9. The van der Waals surface area contributed by atoms with Crippen molar-refractivity contribution in [1.29, 1.82) is 0 Å². The van der Waals surface area contributed by atoms with Crippen LogP contribution < -0.4 is 10.1 Å². The lowest BCUT2D eigenvalue weighted by molar-refractivity contribution is 0.0378. The van der Waals surface area contributed by atoms with Crippen molar-refractivity contribution in [3.63, 3.8) is 0 Å².